The van der Waals surface area contributed by atoms with Gasteiger partial charge in [0.25, 0.3) is 0 Å². The van der Waals surface area contributed by atoms with Crippen molar-refractivity contribution in [2.45, 2.75) is 0 Å². The first-order valence-electron chi connectivity index (χ1n) is 11.4. The van der Waals surface area contributed by atoms with Crippen molar-refractivity contribution in [1.82, 2.24) is 0 Å². The van der Waals surface area contributed by atoms with E-state index in [-0.39, 0.29) is 0 Å². The minimum absolute atomic E-state index is 1.13. The van der Waals surface area contributed by atoms with Gasteiger partial charge in [-0.3, -0.25) is 0 Å². The second-order valence-corrected chi connectivity index (χ2v) is 8.43. The van der Waals surface area contributed by atoms with Crippen LogP contribution in [0, 0.1) is 0 Å². The molecular weight excluding hydrogens is 416 g/mol. The summed E-state index contributed by atoms with van der Waals surface area (Å²) >= 11 is 0. The van der Waals surface area contributed by atoms with Crippen molar-refractivity contribution in [3.8, 4) is 22.5 Å². The highest BCUT2D eigenvalue weighted by Gasteiger charge is 2.11. The van der Waals surface area contributed by atoms with Gasteiger partial charge < -0.3 is 0 Å². The molecule has 0 aliphatic rings. The molecule has 0 fully saturated rings. The zero-order chi connectivity index (χ0) is 23.3. The van der Waals surface area contributed by atoms with Crippen molar-refractivity contribution in [3.05, 3.63) is 133 Å². The number of hydrogen-bond acceptors (Lipinski definition) is 0. The molecule has 164 valence electrons. The molecule has 0 saturated heterocycles. The molecule has 0 bridgehead atoms. The summed E-state index contributed by atoms with van der Waals surface area (Å²) in [5.41, 5.74) is 7.04. The van der Waals surface area contributed by atoms with E-state index >= 15 is 0 Å². The lowest BCUT2D eigenvalue weighted by molar-refractivity contribution is -0.671. The van der Waals surface area contributed by atoms with Gasteiger partial charge in [-0.15, -0.1) is 0 Å². The van der Waals surface area contributed by atoms with E-state index in [4.69, 9.17) is 0 Å². The molecule has 0 radical (unpaired) electrons. The van der Waals surface area contributed by atoms with Crippen LogP contribution >= 0.6 is 0 Å². The van der Waals surface area contributed by atoms with Crippen LogP contribution in [0.5, 0.6) is 0 Å². The maximum Gasteiger partial charge on any atom is 0.211 e. The number of hydrogen-bond donors (Lipinski definition) is 0. The first-order chi connectivity index (χ1) is 16.6. The molecule has 34 heavy (non-hydrogen) atoms. The van der Waals surface area contributed by atoms with E-state index in [1.54, 1.807) is 0 Å². The third-order valence-electron chi connectivity index (χ3n) is 5.91. The Morgan fingerprint density at radius 3 is 1.18 bits per heavy atom. The maximum atomic E-state index is 2.15. The molecule has 5 aromatic rings. The number of nitrogens with zero attached hydrogens (tertiary/aromatic N) is 4. The normalized spacial score (nSPS) is 11.1. The third-order valence-corrected chi connectivity index (χ3v) is 5.91. The summed E-state index contributed by atoms with van der Waals surface area (Å²) in [4.78, 5) is 0. The molecule has 0 spiro atoms. The first kappa shape index (κ1) is 21.4. The van der Waals surface area contributed by atoms with Crippen LogP contribution in [0.2, 0.25) is 0 Å². The number of aryl methyl sites for hydroxylation is 2. The van der Waals surface area contributed by atoms with Gasteiger partial charge in [-0.25, -0.2) is 9.13 Å². The van der Waals surface area contributed by atoms with E-state index in [0.717, 1.165) is 11.4 Å². The van der Waals surface area contributed by atoms with Crippen LogP contribution in [0.1, 0.15) is 11.1 Å². The quantitative estimate of drug-likeness (QED) is 0.367. The molecule has 4 heterocycles. The lowest BCUT2D eigenvalue weighted by Gasteiger charge is -2.01. The number of rotatable bonds is 5. The van der Waals surface area contributed by atoms with Crippen LogP contribution in [0.3, 0.4) is 0 Å². The molecule has 0 aliphatic carbocycles. The molecule has 4 heteroatoms. The molecular formula is C30H28N4+4. The Balaban J connectivity index is 1.28. The second kappa shape index (κ2) is 9.59. The lowest BCUT2D eigenvalue weighted by Crippen LogP contribution is -2.31. The van der Waals surface area contributed by atoms with Gasteiger partial charge in [-0.1, -0.05) is 12.2 Å². The van der Waals surface area contributed by atoms with Gasteiger partial charge >= 0.3 is 0 Å². The fourth-order valence-corrected chi connectivity index (χ4v) is 3.82. The first-order valence-corrected chi connectivity index (χ1v) is 11.4. The van der Waals surface area contributed by atoms with Crippen LogP contribution in [0.4, 0.5) is 0 Å². The summed E-state index contributed by atoms with van der Waals surface area (Å²) in [6.07, 6.45) is 20.9. The molecule has 0 saturated carbocycles. The number of aromatic nitrogens is 4. The second-order valence-electron chi connectivity index (χ2n) is 8.43. The lowest BCUT2D eigenvalue weighted by atomic mass is 10.1. The topological polar surface area (TPSA) is 15.5 Å². The predicted octanol–water partition coefficient (Wildman–Crippen LogP) is 3.73. The molecule has 1 aromatic carbocycles. The van der Waals surface area contributed by atoms with Gasteiger partial charge in [0.1, 0.15) is 14.1 Å². The van der Waals surface area contributed by atoms with E-state index in [1.165, 1.54) is 22.3 Å². The average Bonchev–Trinajstić information content (AvgIpc) is 2.89. The van der Waals surface area contributed by atoms with Gasteiger partial charge in [0, 0.05) is 72.8 Å². The fourth-order valence-electron chi connectivity index (χ4n) is 3.82. The molecule has 0 amide bonds. The highest BCUT2D eigenvalue weighted by molar-refractivity contribution is 5.68. The van der Waals surface area contributed by atoms with Gasteiger partial charge in [0.15, 0.2) is 49.6 Å². The van der Waals surface area contributed by atoms with Crippen LogP contribution in [-0.4, -0.2) is 0 Å². The van der Waals surface area contributed by atoms with E-state index < -0.39 is 0 Å². The minimum Gasteiger partial charge on any atom is -0.208 e. The number of benzene rings is 1. The Morgan fingerprint density at radius 2 is 0.735 bits per heavy atom. The van der Waals surface area contributed by atoms with Crippen molar-refractivity contribution in [3.63, 3.8) is 0 Å². The van der Waals surface area contributed by atoms with E-state index in [9.17, 15) is 0 Å². The Kier molecular flexibility index (Phi) is 6.04. The molecule has 5 rings (SSSR count). The van der Waals surface area contributed by atoms with Gasteiger partial charge in [-0.2, -0.15) is 9.13 Å². The van der Waals surface area contributed by atoms with Crippen molar-refractivity contribution in [2.75, 3.05) is 0 Å². The molecule has 4 aromatic heterocycles. The average molecular weight is 445 g/mol. The summed E-state index contributed by atoms with van der Waals surface area (Å²) in [7, 11) is 4.05. The minimum atomic E-state index is 1.13. The summed E-state index contributed by atoms with van der Waals surface area (Å²) in [6, 6.07) is 25.6. The van der Waals surface area contributed by atoms with Gasteiger partial charge in [-0.05, 0) is 22.3 Å². The fraction of sp³-hybridized carbons (Fsp3) is 0.0667. The van der Waals surface area contributed by atoms with Crippen molar-refractivity contribution in [1.29, 1.82) is 0 Å². The molecule has 0 atom stereocenters. The van der Waals surface area contributed by atoms with Gasteiger partial charge in [0.2, 0.25) is 11.4 Å². The maximum absolute atomic E-state index is 2.15. The van der Waals surface area contributed by atoms with Crippen LogP contribution in [0.15, 0.2) is 122 Å². The molecule has 4 nitrogen and oxygen atoms in total. The predicted molar refractivity (Wildman–Crippen MR) is 133 cm³/mol. The highest BCUT2D eigenvalue weighted by atomic mass is 15.0. The van der Waals surface area contributed by atoms with Crippen LogP contribution in [-0.2, 0) is 14.1 Å². The van der Waals surface area contributed by atoms with Crippen molar-refractivity contribution < 1.29 is 18.3 Å². The standard InChI is InChI=1S/C30H28N4/c1-31-17-9-25(10-18-31)3-4-26-11-21-33(22-12-26)29-5-7-30(8-6-29)34-23-15-28(16-24-34)27-13-19-32(2)20-14-27/h3-24H,1-2H3/q+4/b4-3+. The van der Waals surface area contributed by atoms with Gasteiger partial charge in [0.05, 0.1) is 0 Å². The highest BCUT2D eigenvalue weighted by Crippen LogP contribution is 2.16. The van der Waals surface area contributed by atoms with Crippen molar-refractivity contribution >= 4 is 12.2 Å². The Morgan fingerprint density at radius 1 is 0.412 bits per heavy atom. The summed E-state index contributed by atoms with van der Waals surface area (Å²) in [6.45, 7) is 0. The van der Waals surface area contributed by atoms with E-state index in [2.05, 4.69) is 144 Å². The Hall–Kier alpha value is -4.44. The smallest absolute Gasteiger partial charge is 0.208 e. The SMILES string of the molecule is C[n+]1ccc(/C=C/c2cc[n+](-c3ccc(-[n+]4ccc(-c5cc[n+](C)cc5)cc4)cc3)cc2)cc1. The monoisotopic (exact) mass is 444 g/mol. The zero-order valence-electron chi connectivity index (χ0n) is 19.5. The Bertz CT molecular complexity index is 1400. The van der Waals surface area contributed by atoms with Crippen molar-refractivity contribution in [2.24, 2.45) is 14.1 Å². The molecule has 0 aliphatic heterocycles. The van der Waals surface area contributed by atoms with Crippen LogP contribution < -0.4 is 18.3 Å². The third kappa shape index (κ3) is 4.97. The molecule has 0 N–H and O–H groups in total. The van der Waals surface area contributed by atoms with E-state index in [0.29, 0.717) is 0 Å². The summed E-state index contributed by atoms with van der Waals surface area (Å²) in [5, 5.41) is 0. The zero-order valence-corrected chi connectivity index (χ0v) is 19.5. The number of pyridine rings is 4. The summed E-state index contributed by atoms with van der Waals surface area (Å²) in [5.74, 6) is 0. The Labute approximate surface area is 200 Å². The van der Waals surface area contributed by atoms with E-state index in [1.807, 2.05) is 23.2 Å². The van der Waals surface area contributed by atoms with Crippen LogP contribution in [0.25, 0.3) is 34.7 Å². The largest absolute Gasteiger partial charge is 0.211 e. The molecule has 0 unspecified atom stereocenters. The summed E-state index contributed by atoms with van der Waals surface area (Å²) < 4.78 is 8.35.